The van der Waals surface area contributed by atoms with Gasteiger partial charge in [0.1, 0.15) is 11.4 Å². The third kappa shape index (κ3) is 2.87. The van der Waals surface area contributed by atoms with Crippen LogP contribution in [0.2, 0.25) is 0 Å². The molecule has 0 aliphatic rings. The Labute approximate surface area is 128 Å². The van der Waals surface area contributed by atoms with E-state index in [1.165, 1.54) is 18.3 Å². The highest BCUT2D eigenvalue weighted by molar-refractivity contribution is 5.67. The third-order valence-corrected chi connectivity index (χ3v) is 3.22. The largest absolute Gasteiger partial charge is 0.507 e. The summed E-state index contributed by atoms with van der Waals surface area (Å²) in [5.74, 6) is -0.0768. The Morgan fingerprint density at radius 3 is 2.70 bits per heavy atom. The summed E-state index contributed by atoms with van der Waals surface area (Å²) in [5.41, 5.74) is -0.0583. The topological polar surface area (TPSA) is 74.7 Å². The summed E-state index contributed by atoms with van der Waals surface area (Å²) in [6.07, 6.45) is -3.31. The molecule has 1 aromatic carbocycles. The van der Waals surface area contributed by atoms with E-state index in [-0.39, 0.29) is 23.1 Å². The summed E-state index contributed by atoms with van der Waals surface area (Å²) in [7, 11) is 0. The monoisotopic (exact) mass is 320 g/mol. The number of H-pyrrole nitrogens is 1. The Hall–Kier alpha value is -2.90. The molecule has 0 fully saturated rings. The summed E-state index contributed by atoms with van der Waals surface area (Å²) in [4.78, 5) is 7.78. The quantitative estimate of drug-likeness (QED) is 0.757. The SMILES string of the molecule is Cc1ccc(O)c(-c2n[nH]c(-c3ncccc3C(F)(F)F)n2)c1. The van der Waals surface area contributed by atoms with Crippen LogP contribution in [0.15, 0.2) is 36.5 Å². The normalized spacial score (nSPS) is 11.7. The number of phenolic OH excluding ortho intramolecular Hbond substituents is 1. The van der Waals surface area contributed by atoms with Crippen LogP contribution in [-0.4, -0.2) is 25.3 Å². The van der Waals surface area contributed by atoms with Gasteiger partial charge in [-0.3, -0.25) is 10.1 Å². The molecular weight excluding hydrogens is 309 g/mol. The number of benzene rings is 1. The molecular formula is C15H11F3N4O. The maximum absolute atomic E-state index is 13.0. The number of halogens is 3. The summed E-state index contributed by atoms with van der Waals surface area (Å²) in [6.45, 7) is 1.82. The molecule has 0 atom stereocenters. The van der Waals surface area contributed by atoms with Crippen molar-refractivity contribution in [1.82, 2.24) is 20.2 Å². The molecule has 0 aliphatic heterocycles. The fourth-order valence-corrected chi connectivity index (χ4v) is 2.14. The van der Waals surface area contributed by atoms with Gasteiger partial charge in [-0.25, -0.2) is 4.98 Å². The number of aromatic hydroxyl groups is 1. The first-order valence-corrected chi connectivity index (χ1v) is 6.61. The number of hydrogen-bond donors (Lipinski definition) is 2. The third-order valence-electron chi connectivity index (χ3n) is 3.22. The van der Waals surface area contributed by atoms with Crippen molar-refractivity contribution >= 4 is 0 Å². The van der Waals surface area contributed by atoms with E-state index in [1.807, 2.05) is 6.92 Å². The molecule has 3 rings (SSSR count). The van der Waals surface area contributed by atoms with E-state index < -0.39 is 11.7 Å². The molecule has 0 saturated heterocycles. The molecule has 2 N–H and O–H groups in total. The van der Waals surface area contributed by atoms with Gasteiger partial charge in [-0.05, 0) is 31.2 Å². The Morgan fingerprint density at radius 1 is 1.17 bits per heavy atom. The minimum Gasteiger partial charge on any atom is -0.507 e. The number of nitrogens with one attached hydrogen (secondary N) is 1. The maximum Gasteiger partial charge on any atom is 0.418 e. The molecule has 2 aromatic heterocycles. The van der Waals surface area contributed by atoms with Crippen LogP contribution >= 0.6 is 0 Å². The van der Waals surface area contributed by atoms with Crippen molar-refractivity contribution in [2.75, 3.05) is 0 Å². The Balaban J connectivity index is 2.09. The molecule has 5 nitrogen and oxygen atoms in total. The lowest BCUT2D eigenvalue weighted by molar-refractivity contribution is -0.137. The van der Waals surface area contributed by atoms with Gasteiger partial charge in [-0.1, -0.05) is 11.6 Å². The van der Waals surface area contributed by atoms with Crippen LogP contribution < -0.4 is 0 Å². The molecule has 0 saturated carbocycles. The summed E-state index contributed by atoms with van der Waals surface area (Å²) >= 11 is 0. The Morgan fingerprint density at radius 2 is 1.96 bits per heavy atom. The second-order valence-electron chi connectivity index (χ2n) is 4.93. The molecule has 2 heterocycles. The van der Waals surface area contributed by atoms with Crippen molar-refractivity contribution < 1.29 is 18.3 Å². The number of rotatable bonds is 2. The zero-order valence-corrected chi connectivity index (χ0v) is 11.9. The number of pyridine rings is 1. The fraction of sp³-hybridized carbons (Fsp3) is 0.133. The lowest BCUT2D eigenvalue weighted by atomic mass is 10.1. The fourth-order valence-electron chi connectivity index (χ4n) is 2.14. The van der Waals surface area contributed by atoms with Crippen molar-refractivity contribution in [2.45, 2.75) is 13.1 Å². The van der Waals surface area contributed by atoms with E-state index in [0.717, 1.165) is 11.6 Å². The molecule has 23 heavy (non-hydrogen) atoms. The van der Waals surface area contributed by atoms with E-state index in [2.05, 4.69) is 20.2 Å². The highest BCUT2D eigenvalue weighted by Gasteiger charge is 2.35. The van der Waals surface area contributed by atoms with Gasteiger partial charge in [0.15, 0.2) is 11.6 Å². The van der Waals surface area contributed by atoms with E-state index in [4.69, 9.17) is 0 Å². The lowest BCUT2D eigenvalue weighted by Crippen LogP contribution is -2.08. The van der Waals surface area contributed by atoms with Crippen molar-refractivity contribution in [3.05, 3.63) is 47.7 Å². The molecule has 0 aliphatic carbocycles. The molecule has 0 unspecified atom stereocenters. The van der Waals surface area contributed by atoms with E-state index in [0.29, 0.717) is 5.56 Å². The summed E-state index contributed by atoms with van der Waals surface area (Å²) < 4.78 is 39.1. The van der Waals surface area contributed by atoms with Gasteiger partial charge in [0.25, 0.3) is 0 Å². The first-order chi connectivity index (χ1) is 10.9. The summed E-state index contributed by atoms with van der Waals surface area (Å²) in [6, 6.07) is 6.95. The van der Waals surface area contributed by atoms with Crippen LogP contribution in [0, 0.1) is 6.92 Å². The molecule has 118 valence electrons. The second-order valence-corrected chi connectivity index (χ2v) is 4.93. The second kappa shape index (κ2) is 5.38. The van der Waals surface area contributed by atoms with Gasteiger partial charge >= 0.3 is 6.18 Å². The average Bonchev–Trinajstić information content (AvgIpc) is 2.98. The van der Waals surface area contributed by atoms with Crippen LogP contribution in [0.25, 0.3) is 22.9 Å². The lowest BCUT2D eigenvalue weighted by Gasteiger charge is -2.09. The molecule has 0 bridgehead atoms. The minimum atomic E-state index is -4.55. The van der Waals surface area contributed by atoms with Gasteiger partial charge in [-0.15, -0.1) is 0 Å². The number of phenols is 1. The zero-order valence-electron chi connectivity index (χ0n) is 11.9. The van der Waals surface area contributed by atoms with Crippen LogP contribution in [0.4, 0.5) is 13.2 Å². The zero-order chi connectivity index (χ0) is 16.6. The van der Waals surface area contributed by atoms with E-state index in [1.54, 1.807) is 12.1 Å². The Bertz CT molecular complexity index is 858. The first kappa shape index (κ1) is 15.0. The molecule has 3 aromatic rings. The van der Waals surface area contributed by atoms with Gasteiger partial charge in [0.05, 0.1) is 11.1 Å². The molecule has 0 spiro atoms. The van der Waals surface area contributed by atoms with Crippen LogP contribution in [0.1, 0.15) is 11.1 Å². The van der Waals surface area contributed by atoms with Crippen LogP contribution in [0.3, 0.4) is 0 Å². The maximum atomic E-state index is 13.0. The standard InChI is InChI=1S/C15H11F3N4O/c1-8-4-5-11(23)9(7-8)13-20-14(22-21-13)12-10(15(16,17)18)3-2-6-19-12/h2-7,23H,1H3,(H,20,21,22). The van der Waals surface area contributed by atoms with Crippen LogP contribution in [0.5, 0.6) is 5.75 Å². The number of hydrogen-bond acceptors (Lipinski definition) is 4. The number of aromatic nitrogens is 4. The average molecular weight is 320 g/mol. The van der Waals surface area contributed by atoms with Gasteiger partial charge < -0.3 is 5.11 Å². The highest BCUT2D eigenvalue weighted by Crippen LogP contribution is 2.35. The minimum absolute atomic E-state index is 0.0572. The highest BCUT2D eigenvalue weighted by atomic mass is 19.4. The van der Waals surface area contributed by atoms with Crippen LogP contribution in [-0.2, 0) is 6.18 Å². The van der Waals surface area contributed by atoms with Crippen molar-refractivity contribution in [3.63, 3.8) is 0 Å². The van der Waals surface area contributed by atoms with Gasteiger partial charge in [0.2, 0.25) is 0 Å². The van der Waals surface area contributed by atoms with Crippen molar-refractivity contribution in [2.24, 2.45) is 0 Å². The van der Waals surface area contributed by atoms with E-state index in [9.17, 15) is 18.3 Å². The number of aromatic amines is 1. The first-order valence-electron chi connectivity index (χ1n) is 6.61. The summed E-state index contributed by atoms with van der Waals surface area (Å²) in [5, 5.41) is 16.2. The van der Waals surface area contributed by atoms with Crippen molar-refractivity contribution in [1.29, 1.82) is 0 Å². The van der Waals surface area contributed by atoms with Crippen molar-refractivity contribution in [3.8, 4) is 28.7 Å². The Kier molecular flexibility index (Phi) is 3.51. The number of aryl methyl sites for hydroxylation is 1. The number of nitrogens with zero attached hydrogens (tertiary/aromatic N) is 3. The van der Waals surface area contributed by atoms with Gasteiger partial charge in [-0.2, -0.15) is 18.3 Å². The molecule has 0 amide bonds. The molecule has 8 heteroatoms. The predicted molar refractivity (Wildman–Crippen MR) is 76.5 cm³/mol. The van der Waals surface area contributed by atoms with E-state index >= 15 is 0 Å². The predicted octanol–water partition coefficient (Wildman–Crippen LogP) is 3.57. The smallest absolute Gasteiger partial charge is 0.418 e. The van der Waals surface area contributed by atoms with Gasteiger partial charge in [0, 0.05) is 6.20 Å². The number of alkyl halides is 3. The molecule has 0 radical (unpaired) electrons.